The number of nitrogens with one attached hydrogen (secondary N) is 1. The van der Waals surface area contributed by atoms with Crippen LogP contribution in [0.2, 0.25) is 0 Å². The molecule has 1 aromatic rings. The smallest absolute Gasteiger partial charge is 0.0701 e. The minimum absolute atomic E-state index is 0.195. The fourth-order valence-electron chi connectivity index (χ4n) is 1.48. The molecule has 1 unspecified atom stereocenters. The van der Waals surface area contributed by atoms with Crippen molar-refractivity contribution >= 4 is 27.3 Å². The Bertz CT molecular complexity index is 343. The highest BCUT2D eigenvalue weighted by Gasteiger charge is 2.14. The average Bonchev–Trinajstić information content (AvgIpc) is 2.59. The van der Waals surface area contributed by atoms with Gasteiger partial charge in [-0.3, -0.25) is 4.90 Å². The Labute approximate surface area is 118 Å². The van der Waals surface area contributed by atoms with Crippen LogP contribution < -0.4 is 5.32 Å². The first kappa shape index (κ1) is 15.2. The van der Waals surface area contributed by atoms with E-state index in [1.54, 1.807) is 11.3 Å². The summed E-state index contributed by atoms with van der Waals surface area (Å²) in [6.45, 7) is 10.9. The maximum absolute atomic E-state index is 3.55. The van der Waals surface area contributed by atoms with Crippen molar-refractivity contribution in [3.05, 3.63) is 20.8 Å². The SMILES string of the molecule is CC(CNC(C)(C)C)N(C)Cc1csc(Br)c1. The molecule has 0 spiro atoms. The molecule has 1 N–H and O–H groups in total. The van der Waals surface area contributed by atoms with Crippen LogP contribution >= 0.6 is 27.3 Å². The lowest BCUT2D eigenvalue weighted by Crippen LogP contribution is -2.44. The lowest BCUT2D eigenvalue weighted by atomic mass is 10.1. The maximum Gasteiger partial charge on any atom is 0.0701 e. The average molecular weight is 319 g/mol. The summed E-state index contributed by atoms with van der Waals surface area (Å²) >= 11 is 5.25. The van der Waals surface area contributed by atoms with Crippen LogP contribution in [0.15, 0.2) is 15.2 Å². The van der Waals surface area contributed by atoms with Gasteiger partial charge in [0.05, 0.1) is 3.79 Å². The van der Waals surface area contributed by atoms with Crippen LogP contribution in [0.3, 0.4) is 0 Å². The largest absolute Gasteiger partial charge is 0.311 e. The van der Waals surface area contributed by atoms with Crippen molar-refractivity contribution in [2.24, 2.45) is 0 Å². The third-order valence-electron chi connectivity index (χ3n) is 2.73. The fraction of sp³-hybridized carbons (Fsp3) is 0.692. The van der Waals surface area contributed by atoms with E-state index in [1.165, 1.54) is 9.35 Å². The molecule has 1 heterocycles. The molecule has 0 aliphatic rings. The molecule has 1 aromatic heterocycles. The van der Waals surface area contributed by atoms with Crippen LogP contribution in [-0.2, 0) is 6.54 Å². The van der Waals surface area contributed by atoms with Crippen molar-refractivity contribution in [2.45, 2.75) is 45.8 Å². The molecular formula is C13H23BrN2S. The second kappa shape index (κ2) is 6.32. The second-order valence-electron chi connectivity index (χ2n) is 5.65. The van der Waals surface area contributed by atoms with Crippen LogP contribution in [0.4, 0.5) is 0 Å². The molecule has 0 aliphatic carbocycles. The van der Waals surface area contributed by atoms with Gasteiger partial charge in [-0.2, -0.15) is 0 Å². The van der Waals surface area contributed by atoms with E-state index < -0.39 is 0 Å². The van der Waals surface area contributed by atoms with Gasteiger partial charge >= 0.3 is 0 Å². The van der Waals surface area contributed by atoms with Gasteiger partial charge in [0, 0.05) is 24.7 Å². The third kappa shape index (κ3) is 6.00. The van der Waals surface area contributed by atoms with Gasteiger partial charge in [0.2, 0.25) is 0 Å². The molecular weight excluding hydrogens is 296 g/mol. The number of rotatable bonds is 5. The zero-order valence-electron chi connectivity index (χ0n) is 11.4. The molecule has 0 bridgehead atoms. The molecule has 2 nitrogen and oxygen atoms in total. The van der Waals surface area contributed by atoms with Gasteiger partial charge in [-0.15, -0.1) is 11.3 Å². The lowest BCUT2D eigenvalue weighted by molar-refractivity contribution is 0.229. The molecule has 1 rings (SSSR count). The van der Waals surface area contributed by atoms with E-state index in [0.29, 0.717) is 6.04 Å². The number of hydrogen-bond donors (Lipinski definition) is 1. The summed E-state index contributed by atoms with van der Waals surface area (Å²) in [5, 5.41) is 5.76. The summed E-state index contributed by atoms with van der Waals surface area (Å²) < 4.78 is 1.21. The molecule has 0 saturated carbocycles. The predicted octanol–water partition coefficient (Wildman–Crippen LogP) is 3.72. The highest BCUT2D eigenvalue weighted by molar-refractivity contribution is 9.11. The first-order valence-corrected chi connectivity index (χ1v) is 7.63. The van der Waals surface area contributed by atoms with Gasteiger partial charge in [0.25, 0.3) is 0 Å². The predicted molar refractivity (Wildman–Crippen MR) is 80.7 cm³/mol. The first-order chi connectivity index (χ1) is 7.78. The van der Waals surface area contributed by atoms with Crippen LogP contribution in [0.1, 0.15) is 33.3 Å². The van der Waals surface area contributed by atoms with Crippen molar-refractivity contribution in [3.63, 3.8) is 0 Å². The minimum atomic E-state index is 0.195. The van der Waals surface area contributed by atoms with E-state index in [4.69, 9.17) is 0 Å². The summed E-state index contributed by atoms with van der Waals surface area (Å²) in [4.78, 5) is 2.38. The summed E-state index contributed by atoms with van der Waals surface area (Å²) in [5.74, 6) is 0. The molecule has 0 aromatic carbocycles. The summed E-state index contributed by atoms with van der Waals surface area (Å²) in [7, 11) is 2.18. The van der Waals surface area contributed by atoms with E-state index in [2.05, 4.69) is 72.3 Å². The van der Waals surface area contributed by atoms with Crippen LogP contribution in [-0.4, -0.2) is 30.1 Å². The van der Waals surface area contributed by atoms with Gasteiger partial charge in [0.15, 0.2) is 0 Å². The molecule has 0 aliphatic heterocycles. The minimum Gasteiger partial charge on any atom is -0.311 e. The van der Waals surface area contributed by atoms with Crippen LogP contribution in [0.5, 0.6) is 0 Å². The summed E-state index contributed by atoms with van der Waals surface area (Å²) in [6, 6.07) is 2.73. The maximum atomic E-state index is 3.55. The van der Waals surface area contributed by atoms with E-state index in [9.17, 15) is 0 Å². The number of likely N-dealkylation sites (N-methyl/N-ethyl adjacent to an activating group) is 1. The van der Waals surface area contributed by atoms with Gasteiger partial charge < -0.3 is 5.32 Å². The number of hydrogen-bond acceptors (Lipinski definition) is 3. The van der Waals surface area contributed by atoms with Crippen molar-refractivity contribution in [1.29, 1.82) is 0 Å². The molecule has 98 valence electrons. The summed E-state index contributed by atoms with van der Waals surface area (Å²) in [5.41, 5.74) is 1.58. The van der Waals surface area contributed by atoms with Gasteiger partial charge in [-0.1, -0.05) is 0 Å². The van der Waals surface area contributed by atoms with Crippen LogP contribution in [0, 0.1) is 0 Å². The Morgan fingerprint density at radius 1 is 1.47 bits per heavy atom. The quantitative estimate of drug-likeness (QED) is 0.890. The molecule has 0 fully saturated rings. The molecule has 0 radical (unpaired) electrons. The Kier molecular flexibility index (Phi) is 5.64. The monoisotopic (exact) mass is 318 g/mol. The molecule has 17 heavy (non-hydrogen) atoms. The highest BCUT2D eigenvalue weighted by atomic mass is 79.9. The Balaban J connectivity index is 2.39. The Morgan fingerprint density at radius 2 is 2.12 bits per heavy atom. The number of nitrogens with zero attached hydrogens (tertiary/aromatic N) is 1. The van der Waals surface area contributed by atoms with E-state index in [1.807, 2.05) is 0 Å². The summed E-state index contributed by atoms with van der Waals surface area (Å²) in [6.07, 6.45) is 0. The number of thiophene rings is 1. The van der Waals surface area contributed by atoms with Crippen molar-refractivity contribution in [1.82, 2.24) is 10.2 Å². The van der Waals surface area contributed by atoms with Crippen molar-refractivity contribution < 1.29 is 0 Å². The standard InChI is InChI=1S/C13H23BrN2S/c1-10(7-15-13(2,3)4)16(5)8-11-6-12(14)17-9-11/h6,9-10,15H,7-8H2,1-5H3. The van der Waals surface area contributed by atoms with Gasteiger partial charge in [0.1, 0.15) is 0 Å². The Morgan fingerprint density at radius 3 is 2.59 bits per heavy atom. The second-order valence-corrected chi connectivity index (χ2v) is 7.94. The zero-order chi connectivity index (χ0) is 13.1. The van der Waals surface area contributed by atoms with Crippen LogP contribution in [0.25, 0.3) is 0 Å². The van der Waals surface area contributed by atoms with Crippen molar-refractivity contribution in [2.75, 3.05) is 13.6 Å². The van der Waals surface area contributed by atoms with Gasteiger partial charge in [-0.25, -0.2) is 0 Å². The van der Waals surface area contributed by atoms with E-state index in [-0.39, 0.29) is 5.54 Å². The molecule has 1 atom stereocenters. The fourth-order valence-corrected chi connectivity index (χ4v) is 2.68. The topological polar surface area (TPSA) is 15.3 Å². The van der Waals surface area contributed by atoms with E-state index >= 15 is 0 Å². The normalized spacial score (nSPS) is 14.3. The molecule has 0 saturated heterocycles. The molecule has 4 heteroatoms. The molecule has 0 amide bonds. The first-order valence-electron chi connectivity index (χ1n) is 5.96. The Hall–Kier alpha value is 0.100. The van der Waals surface area contributed by atoms with Gasteiger partial charge in [-0.05, 0) is 67.7 Å². The third-order valence-corrected chi connectivity index (χ3v) is 4.29. The van der Waals surface area contributed by atoms with Crippen molar-refractivity contribution in [3.8, 4) is 0 Å². The lowest BCUT2D eigenvalue weighted by Gasteiger charge is -2.29. The highest BCUT2D eigenvalue weighted by Crippen LogP contribution is 2.21. The number of halogens is 1. The zero-order valence-corrected chi connectivity index (χ0v) is 13.8. The van der Waals surface area contributed by atoms with E-state index in [0.717, 1.165) is 13.1 Å².